The monoisotopic (exact) mass is 490 g/mol. The van der Waals surface area contributed by atoms with Crippen molar-refractivity contribution in [3.8, 4) is 5.75 Å². The maximum absolute atomic E-state index is 12.9. The highest BCUT2D eigenvalue weighted by atomic mass is 32.2. The largest absolute Gasteiger partial charge is 0.494 e. The van der Waals surface area contributed by atoms with E-state index < -0.39 is 12.1 Å². The van der Waals surface area contributed by atoms with Gasteiger partial charge in [-0.3, -0.25) is 4.79 Å². The number of benzene rings is 1. The van der Waals surface area contributed by atoms with Crippen LogP contribution in [0.15, 0.2) is 24.3 Å². The van der Waals surface area contributed by atoms with Crippen LogP contribution in [0.25, 0.3) is 0 Å². The van der Waals surface area contributed by atoms with E-state index in [2.05, 4.69) is 16.1 Å². The molecule has 33 heavy (non-hydrogen) atoms. The highest BCUT2D eigenvalue weighted by molar-refractivity contribution is 7.98. The predicted octanol–water partition coefficient (Wildman–Crippen LogP) is 4.54. The van der Waals surface area contributed by atoms with Gasteiger partial charge in [-0.2, -0.15) is 24.9 Å². The van der Waals surface area contributed by atoms with Crippen LogP contribution in [0.3, 0.4) is 0 Å². The van der Waals surface area contributed by atoms with Gasteiger partial charge in [0.15, 0.2) is 0 Å². The summed E-state index contributed by atoms with van der Waals surface area (Å²) in [6, 6.07) is 8.10. The Bertz CT molecular complexity index is 740. The number of aliphatic carboxylic acids is 1. The zero-order valence-electron chi connectivity index (χ0n) is 19.0. The molecule has 1 N–H and O–H groups in total. The SMILES string of the molecule is CSCCCCOc1ccc(C(=O)N2CCCC2CN2CCCC2)cc1.O=C(O)C(F)(F)F. The maximum atomic E-state index is 12.9. The van der Waals surface area contributed by atoms with Gasteiger partial charge in [0.05, 0.1) is 6.61 Å². The van der Waals surface area contributed by atoms with Crippen molar-refractivity contribution in [1.82, 2.24) is 9.80 Å². The number of nitrogens with zero attached hydrogens (tertiary/aromatic N) is 2. The number of likely N-dealkylation sites (tertiary alicyclic amines) is 2. The first-order valence-electron chi connectivity index (χ1n) is 11.3. The third-order valence-electron chi connectivity index (χ3n) is 5.66. The lowest BCUT2D eigenvalue weighted by Crippen LogP contribution is -2.42. The molecule has 0 saturated carbocycles. The third kappa shape index (κ3) is 9.44. The number of carbonyl (C=O) groups is 2. The van der Waals surface area contributed by atoms with E-state index in [0.717, 1.165) is 50.3 Å². The van der Waals surface area contributed by atoms with E-state index in [-0.39, 0.29) is 5.91 Å². The molecule has 1 aromatic carbocycles. The third-order valence-corrected chi connectivity index (χ3v) is 6.36. The minimum Gasteiger partial charge on any atom is -0.494 e. The van der Waals surface area contributed by atoms with E-state index in [9.17, 15) is 18.0 Å². The summed E-state index contributed by atoms with van der Waals surface area (Å²) in [5.41, 5.74) is 0.785. The fourth-order valence-corrected chi connectivity index (χ4v) is 4.45. The number of rotatable bonds is 9. The molecule has 0 spiro atoms. The summed E-state index contributed by atoms with van der Waals surface area (Å²) in [5, 5.41) is 7.12. The Morgan fingerprint density at radius 1 is 1.09 bits per heavy atom. The normalized spacial score (nSPS) is 18.7. The number of ether oxygens (including phenoxy) is 1. The Kier molecular flexibility index (Phi) is 11.3. The number of carboxylic acid groups (broad SMARTS) is 1. The molecule has 2 aliphatic rings. The number of thioether (sulfide) groups is 1. The van der Waals surface area contributed by atoms with Gasteiger partial charge in [-0.05, 0) is 87.9 Å². The summed E-state index contributed by atoms with van der Waals surface area (Å²) in [7, 11) is 0. The lowest BCUT2D eigenvalue weighted by Gasteiger charge is -2.28. The average molecular weight is 491 g/mol. The van der Waals surface area contributed by atoms with Crippen molar-refractivity contribution in [2.45, 2.75) is 50.7 Å². The maximum Gasteiger partial charge on any atom is 0.490 e. The van der Waals surface area contributed by atoms with Crippen LogP contribution in [-0.2, 0) is 4.79 Å². The molecule has 1 aromatic rings. The molecule has 2 aliphatic heterocycles. The van der Waals surface area contributed by atoms with Gasteiger partial charge in [-0.1, -0.05) is 0 Å². The summed E-state index contributed by atoms with van der Waals surface area (Å²) < 4.78 is 37.5. The second-order valence-electron chi connectivity index (χ2n) is 8.18. The molecule has 2 fully saturated rings. The van der Waals surface area contributed by atoms with Gasteiger partial charge >= 0.3 is 12.1 Å². The van der Waals surface area contributed by atoms with E-state index in [1.807, 2.05) is 36.0 Å². The molecule has 186 valence electrons. The fourth-order valence-electron chi connectivity index (χ4n) is 3.95. The molecular formula is C23H33F3N2O4S. The van der Waals surface area contributed by atoms with Crippen LogP contribution < -0.4 is 4.74 Å². The second kappa shape index (κ2) is 13.7. The Balaban J connectivity index is 0.000000479. The van der Waals surface area contributed by atoms with E-state index in [0.29, 0.717) is 6.04 Å². The first-order valence-corrected chi connectivity index (χ1v) is 12.7. The van der Waals surface area contributed by atoms with Crippen molar-refractivity contribution in [3.63, 3.8) is 0 Å². The average Bonchev–Trinajstić information content (AvgIpc) is 3.46. The molecule has 2 heterocycles. The van der Waals surface area contributed by atoms with Gasteiger partial charge in [0, 0.05) is 24.7 Å². The van der Waals surface area contributed by atoms with Crippen LogP contribution in [0.5, 0.6) is 5.75 Å². The second-order valence-corrected chi connectivity index (χ2v) is 9.16. The number of hydrogen-bond donors (Lipinski definition) is 1. The first-order chi connectivity index (χ1) is 15.7. The number of amides is 1. The summed E-state index contributed by atoms with van der Waals surface area (Å²) in [6.07, 6.45) is 4.19. The van der Waals surface area contributed by atoms with Gasteiger partial charge < -0.3 is 19.6 Å². The Labute approximate surface area is 197 Å². The zero-order chi connectivity index (χ0) is 24.3. The molecule has 3 rings (SSSR count). The number of alkyl halides is 3. The molecule has 1 atom stereocenters. The summed E-state index contributed by atoms with van der Waals surface area (Å²) in [6.45, 7) is 5.08. The van der Waals surface area contributed by atoms with Crippen LogP contribution in [0.4, 0.5) is 13.2 Å². The topological polar surface area (TPSA) is 70.1 Å². The number of carbonyl (C=O) groups excluding carboxylic acids is 1. The van der Waals surface area contributed by atoms with Gasteiger partial charge in [-0.25, -0.2) is 4.79 Å². The molecule has 0 aliphatic carbocycles. The molecular weight excluding hydrogens is 457 g/mol. The summed E-state index contributed by atoms with van der Waals surface area (Å²) in [4.78, 5) is 26.4. The van der Waals surface area contributed by atoms with Gasteiger partial charge in [0.25, 0.3) is 5.91 Å². The summed E-state index contributed by atoms with van der Waals surface area (Å²) >= 11 is 1.87. The first kappa shape index (κ1) is 27.3. The van der Waals surface area contributed by atoms with Crippen LogP contribution in [0.2, 0.25) is 0 Å². The van der Waals surface area contributed by atoms with Crippen LogP contribution >= 0.6 is 11.8 Å². The number of halogens is 3. The van der Waals surface area contributed by atoms with Crippen LogP contribution in [0.1, 0.15) is 48.9 Å². The van der Waals surface area contributed by atoms with Gasteiger partial charge in [-0.15, -0.1) is 0 Å². The zero-order valence-corrected chi connectivity index (χ0v) is 19.8. The molecule has 6 nitrogen and oxygen atoms in total. The van der Waals surface area contributed by atoms with E-state index >= 15 is 0 Å². The molecule has 10 heteroatoms. The van der Waals surface area contributed by atoms with Crippen molar-refractivity contribution in [1.29, 1.82) is 0 Å². The lowest BCUT2D eigenvalue weighted by atomic mass is 10.1. The van der Waals surface area contributed by atoms with Crippen molar-refractivity contribution in [3.05, 3.63) is 29.8 Å². The smallest absolute Gasteiger partial charge is 0.490 e. The van der Waals surface area contributed by atoms with Crippen LogP contribution in [0, 0.1) is 0 Å². The predicted molar refractivity (Wildman–Crippen MR) is 123 cm³/mol. The molecule has 0 radical (unpaired) electrons. The molecule has 1 unspecified atom stereocenters. The number of unbranched alkanes of at least 4 members (excludes halogenated alkanes) is 1. The molecule has 2 saturated heterocycles. The molecule has 0 bridgehead atoms. The van der Waals surface area contributed by atoms with Crippen molar-refractivity contribution in [2.75, 3.05) is 44.8 Å². The Hall–Kier alpha value is -1.94. The highest BCUT2D eigenvalue weighted by Gasteiger charge is 2.38. The highest BCUT2D eigenvalue weighted by Crippen LogP contribution is 2.23. The standard InChI is InChI=1S/C21H32N2O2S.C2HF3O2/c1-26-16-5-4-15-25-20-10-8-18(9-11-20)21(24)23-14-6-7-19(23)17-22-12-2-3-13-22;3-2(4,5)1(6)7/h8-11,19H,2-7,12-17H2,1H3;(H,6,7). The minimum absolute atomic E-state index is 0.179. The summed E-state index contributed by atoms with van der Waals surface area (Å²) in [5.74, 6) is -0.530. The quantitative estimate of drug-likeness (QED) is 0.513. The van der Waals surface area contributed by atoms with Gasteiger partial charge in [0.2, 0.25) is 0 Å². The number of carboxylic acids is 1. The number of hydrogen-bond acceptors (Lipinski definition) is 5. The van der Waals surface area contributed by atoms with Gasteiger partial charge in [0.1, 0.15) is 5.75 Å². The van der Waals surface area contributed by atoms with E-state index in [1.54, 1.807) is 0 Å². The van der Waals surface area contributed by atoms with Crippen LogP contribution in [-0.4, -0.2) is 83.8 Å². The van der Waals surface area contributed by atoms with Crippen molar-refractivity contribution < 1.29 is 32.6 Å². The van der Waals surface area contributed by atoms with E-state index in [4.69, 9.17) is 14.6 Å². The van der Waals surface area contributed by atoms with E-state index in [1.165, 1.54) is 38.1 Å². The Morgan fingerprint density at radius 2 is 1.73 bits per heavy atom. The van der Waals surface area contributed by atoms with Crippen molar-refractivity contribution >= 4 is 23.6 Å². The lowest BCUT2D eigenvalue weighted by molar-refractivity contribution is -0.192. The molecule has 1 amide bonds. The minimum atomic E-state index is -5.08. The molecule has 0 aromatic heterocycles. The fraction of sp³-hybridized carbons (Fsp3) is 0.652. The Morgan fingerprint density at radius 3 is 2.30 bits per heavy atom. The van der Waals surface area contributed by atoms with Crippen molar-refractivity contribution in [2.24, 2.45) is 0 Å².